The van der Waals surface area contributed by atoms with Gasteiger partial charge in [-0.3, -0.25) is 38.4 Å². The molecule has 27 nitrogen and oxygen atoms in total. The first-order chi connectivity index (χ1) is 54.2. The van der Waals surface area contributed by atoms with E-state index in [9.17, 15) is 52.7 Å². The average Bonchev–Trinajstić information content (AvgIpc) is 0.767. The molecule has 10 fully saturated rings. The van der Waals surface area contributed by atoms with Gasteiger partial charge in [0.15, 0.2) is 0 Å². The van der Waals surface area contributed by atoms with Crippen LogP contribution in [0.4, 0.5) is 14.4 Å². The molecule has 10 aliphatic carbocycles. The minimum atomic E-state index is -1.55. The molecule has 28 heteroatoms. The molecule has 7 atom stereocenters. The maximum absolute atomic E-state index is 15.1. The van der Waals surface area contributed by atoms with Gasteiger partial charge in [0.2, 0.25) is 35.4 Å². The van der Waals surface area contributed by atoms with Crippen LogP contribution in [-0.2, 0) is 83.9 Å². The van der Waals surface area contributed by atoms with Crippen LogP contribution in [0.15, 0.2) is 54.6 Å². The zero-order valence-electron chi connectivity index (χ0n) is 67.2. The van der Waals surface area contributed by atoms with Crippen LogP contribution >= 0.6 is 11.8 Å². The molecule has 0 spiro atoms. The molecule has 113 heavy (non-hydrogen) atoms. The number of hydrogen-bond acceptors (Lipinski definition) is 19. The number of carbonyl (C=O) groups is 12. The first-order valence-electron chi connectivity index (χ1n) is 42.2. The van der Waals surface area contributed by atoms with Crippen molar-refractivity contribution >= 4 is 83.4 Å². The average molecular weight is 1590 g/mol. The van der Waals surface area contributed by atoms with Crippen LogP contribution in [0, 0.1) is 54.3 Å². The number of unbranched alkanes of at least 4 members (excludes halogenated alkanes) is 2. The molecule has 2 aromatic rings. The highest BCUT2D eigenvalue weighted by atomic mass is 32.2. The number of ether oxygens (including phenoxy) is 6. The van der Waals surface area contributed by atoms with E-state index >= 15 is 4.79 Å². The summed E-state index contributed by atoms with van der Waals surface area (Å²) in [7, 11) is 0. The fourth-order valence-electron chi connectivity index (χ4n) is 18.6. The SMILES string of the molecule is Cc1ccc(CSC[C@H](NC(=O)[C@H](CCCCNC(=O)OC2C3CC4CC(C3)CC2C4)NC(=O)[C@H](CCC(=O)OC2CCCCC2)NC(=O)[C@H](C)NC(=O)[C@H](CCC(=O)OC2CCCCC2)NC(=O)[C@H](C)NC(=O)[C@H](CCCCNC(=O)OC2C3CC4CC(C3)CC2C4)NC(=O)OC(C)(C)C)C(=O)OCc2ccccc2)cc1. The topological polar surface area (TPSA) is 368 Å². The number of nitrogens with one attached hydrogen (secondary N) is 9. The monoisotopic (exact) mass is 1590 g/mol. The van der Waals surface area contributed by atoms with Crippen LogP contribution in [0.25, 0.3) is 0 Å². The molecular weight excluding hydrogens is 1470 g/mol. The van der Waals surface area contributed by atoms with E-state index < -0.39 is 120 Å². The number of esters is 3. The predicted octanol–water partition coefficient (Wildman–Crippen LogP) is 10.6. The molecule has 624 valence electrons. The fraction of sp³-hybridized carbons (Fsp3) is 0.718. The number of aryl methyl sites for hydroxylation is 1. The Hall–Kier alpha value is -8.17. The van der Waals surface area contributed by atoms with E-state index in [2.05, 4.69) is 47.9 Å². The van der Waals surface area contributed by atoms with Gasteiger partial charge in [-0.15, -0.1) is 0 Å². The van der Waals surface area contributed by atoms with Gasteiger partial charge >= 0.3 is 36.2 Å². The molecule has 2 aromatic carbocycles. The lowest BCUT2D eigenvalue weighted by atomic mass is 9.55. The second-order valence-electron chi connectivity index (χ2n) is 34.5. The van der Waals surface area contributed by atoms with Gasteiger partial charge in [-0.05, 0) is 267 Å². The van der Waals surface area contributed by atoms with Crippen LogP contribution in [0.3, 0.4) is 0 Å². The van der Waals surface area contributed by atoms with Crippen LogP contribution < -0.4 is 47.9 Å². The zero-order chi connectivity index (χ0) is 80.6. The minimum Gasteiger partial charge on any atom is -0.462 e. The van der Waals surface area contributed by atoms with Crippen LogP contribution in [-0.4, -0.2) is 163 Å². The van der Waals surface area contributed by atoms with Gasteiger partial charge in [0.05, 0.1) is 0 Å². The molecular formula is C85H125N9O18S. The Morgan fingerprint density at radius 1 is 0.425 bits per heavy atom. The number of benzene rings is 2. The summed E-state index contributed by atoms with van der Waals surface area (Å²) in [4.78, 5) is 169. The summed E-state index contributed by atoms with van der Waals surface area (Å²) in [6, 6.07) is 7.30. The van der Waals surface area contributed by atoms with Gasteiger partial charge in [0.25, 0.3) is 0 Å². The van der Waals surface area contributed by atoms with Crippen molar-refractivity contribution in [1.29, 1.82) is 0 Å². The van der Waals surface area contributed by atoms with E-state index in [0.29, 0.717) is 86.2 Å². The Balaban J connectivity index is 0.804. The van der Waals surface area contributed by atoms with E-state index in [1.807, 2.05) is 49.4 Å². The number of carbonyl (C=O) groups excluding carboxylic acids is 12. The normalized spacial score (nSPS) is 24.7. The van der Waals surface area contributed by atoms with Crippen LogP contribution in [0.1, 0.15) is 244 Å². The minimum absolute atomic E-state index is 0.0180. The Bertz CT molecular complexity index is 3470. The molecule has 0 radical (unpaired) electrons. The summed E-state index contributed by atoms with van der Waals surface area (Å²) in [6.07, 6.45) is 16.7. The predicted molar refractivity (Wildman–Crippen MR) is 422 cm³/mol. The Kier molecular flexibility index (Phi) is 33.2. The van der Waals surface area contributed by atoms with E-state index in [1.165, 1.54) is 38.5 Å². The Morgan fingerprint density at radius 3 is 1.26 bits per heavy atom. The third-order valence-corrected chi connectivity index (χ3v) is 25.1. The maximum Gasteiger partial charge on any atom is 0.408 e. The maximum atomic E-state index is 15.1. The molecule has 8 bridgehead atoms. The summed E-state index contributed by atoms with van der Waals surface area (Å²) >= 11 is 1.40. The second kappa shape index (κ2) is 43.0. The van der Waals surface area contributed by atoms with Gasteiger partial charge < -0.3 is 76.3 Å². The molecule has 0 saturated heterocycles. The van der Waals surface area contributed by atoms with Gasteiger partial charge in [-0.2, -0.15) is 11.8 Å². The number of amides is 9. The van der Waals surface area contributed by atoms with Crippen molar-refractivity contribution in [2.75, 3.05) is 18.8 Å². The van der Waals surface area contributed by atoms with E-state index in [1.54, 1.807) is 32.9 Å². The summed E-state index contributed by atoms with van der Waals surface area (Å²) in [5.41, 5.74) is 1.85. The smallest absolute Gasteiger partial charge is 0.408 e. The van der Waals surface area contributed by atoms with E-state index in [4.69, 9.17) is 28.4 Å². The highest BCUT2D eigenvalue weighted by Crippen LogP contribution is 2.56. The lowest BCUT2D eigenvalue weighted by Crippen LogP contribution is -2.59. The van der Waals surface area contributed by atoms with Crippen molar-refractivity contribution < 1.29 is 86.0 Å². The van der Waals surface area contributed by atoms with Crippen LogP contribution in [0.2, 0.25) is 0 Å². The molecule has 10 aliphatic rings. The molecule has 0 aliphatic heterocycles. The van der Waals surface area contributed by atoms with Crippen molar-refractivity contribution in [3.63, 3.8) is 0 Å². The first kappa shape index (κ1) is 87.2. The third-order valence-electron chi connectivity index (χ3n) is 24.0. The Labute approximate surface area is 670 Å². The molecule has 12 rings (SSSR count). The summed E-state index contributed by atoms with van der Waals surface area (Å²) in [6.45, 7) is 10.0. The fourth-order valence-corrected chi connectivity index (χ4v) is 19.6. The number of alkyl carbamates (subject to hydrolysis) is 3. The molecule has 9 amide bonds. The van der Waals surface area contributed by atoms with Gasteiger partial charge in [0.1, 0.15) is 78.9 Å². The Morgan fingerprint density at radius 2 is 0.823 bits per heavy atom. The second-order valence-corrected chi connectivity index (χ2v) is 35.6. The van der Waals surface area contributed by atoms with Crippen molar-refractivity contribution in [3.8, 4) is 0 Å². The lowest BCUT2D eigenvalue weighted by molar-refractivity contribution is -0.152. The van der Waals surface area contributed by atoms with Crippen molar-refractivity contribution in [3.05, 3.63) is 71.3 Å². The van der Waals surface area contributed by atoms with Crippen molar-refractivity contribution in [2.45, 2.75) is 319 Å². The van der Waals surface area contributed by atoms with Gasteiger partial charge in [-0.1, -0.05) is 73.0 Å². The zero-order valence-corrected chi connectivity index (χ0v) is 68.0. The standard InChI is InChI=1S/C85H125N9O18S/c1-51-28-30-55(31-29-51)49-113-50-70(81(103)107-48-54-20-10-7-11-21-54)93-79(101)66(26-16-18-36-86-82(104)110-73-60-40-56-38-57(42-60)43-61(73)41-56)92-80(102)69(33-35-72(96)109-65-24-14-9-15-25-65)91-76(98)53(3)89-78(100)68(32-34-71(95)108-64-22-12-8-13-23-64)90-75(97)52(2)88-77(99)67(94-84(106)112-85(4,5)6)27-17-19-37-87-83(105)111-74-62-44-58-39-59(46-62)47-63(74)45-58/h7,10-11,20-21,28-31,52-53,56-70,73-74H,8-9,12-19,22-27,32-50H2,1-6H3,(H,86,104)(H,87,105)(H,88,99)(H,89,100)(H,90,97)(H,91,98)(H,92,102)(H,93,101)(H,94,106)/t52-,53-,56?,57?,58?,59?,60?,61?,62?,63?,66-,67-,68-,69-,70-,73?,74?/m0/s1. The molecule has 0 heterocycles. The van der Waals surface area contributed by atoms with Crippen LogP contribution in [0.5, 0.6) is 0 Å². The molecule has 0 unspecified atom stereocenters. The van der Waals surface area contributed by atoms with Crippen molar-refractivity contribution in [2.24, 2.45) is 47.3 Å². The summed E-state index contributed by atoms with van der Waals surface area (Å²) < 4.78 is 35.0. The van der Waals surface area contributed by atoms with E-state index in [0.717, 1.165) is 118 Å². The highest BCUT2D eigenvalue weighted by Gasteiger charge is 2.52. The molecule has 10 saturated carbocycles. The van der Waals surface area contributed by atoms with Gasteiger partial charge in [-0.25, -0.2) is 19.2 Å². The quantitative estimate of drug-likeness (QED) is 0.0170. The number of rotatable bonds is 40. The van der Waals surface area contributed by atoms with E-state index in [-0.39, 0.29) is 94.8 Å². The summed E-state index contributed by atoms with van der Waals surface area (Å²) in [5.74, 6) is -2.17. The molecule has 9 N–H and O–H groups in total. The first-order valence-corrected chi connectivity index (χ1v) is 43.3. The highest BCUT2D eigenvalue weighted by molar-refractivity contribution is 7.98. The lowest BCUT2D eigenvalue weighted by Gasteiger charge is -2.53. The van der Waals surface area contributed by atoms with Gasteiger partial charge in [0, 0.05) is 37.4 Å². The summed E-state index contributed by atoms with van der Waals surface area (Å²) in [5, 5.41) is 24.6. The molecule has 0 aromatic heterocycles. The van der Waals surface area contributed by atoms with Crippen molar-refractivity contribution in [1.82, 2.24) is 47.9 Å². The number of hydrogen-bond donors (Lipinski definition) is 9. The largest absolute Gasteiger partial charge is 0.462 e. The number of thioether (sulfide) groups is 1. The third kappa shape index (κ3) is 28.1.